The summed E-state index contributed by atoms with van der Waals surface area (Å²) in [6.07, 6.45) is 5.86. The van der Waals surface area contributed by atoms with Crippen molar-refractivity contribution in [2.24, 2.45) is 0 Å². The predicted octanol–water partition coefficient (Wildman–Crippen LogP) is 4.28. The van der Waals surface area contributed by atoms with Crippen LogP contribution in [0.5, 0.6) is 0 Å². The second kappa shape index (κ2) is 9.90. The van der Waals surface area contributed by atoms with E-state index in [2.05, 4.69) is 13.0 Å². The van der Waals surface area contributed by atoms with Gasteiger partial charge in [-0.3, -0.25) is 0 Å². The number of nitrogens with zero attached hydrogens (tertiary/aromatic N) is 1. The van der Waals surface area contributed by atoms with Gasteiger partial charge in [0.25, 0.3) is 0 Å². The van der Waals surface area contributed by atoms with Gasteiger partial charge in [0.15, 0.2) is 0 Å². The number of aromatic nitrogens is 1. The average molecular weight is 373 g/mol. The summed E-state index contributed by atoms with van der Waals surface area (Å²) in [5.74, 6) is -0.144. The molecule has 1 aromatic carbocycles. The van der Waals surface area contributed by atoms with Crippen molar-refractivity contribution in [2.45, 2.75) is 45.6 Å². The molecule has 5 heteroatoms. The molecular weight excluding hydrogens is 350 g/mol. The highest BCUT2D eigenvalue weighted by Gasteiger charge is 2.16. The van der Waals surface area contributed by atoms with Crippen molar-refractivity contribution in [3.05, 3.63) is 29.8 Å². The lowest BCUT2D eigenvalue weighted by Crippen LogP contribution is -2.37. The van der Waals surface area contributed by atoms with E-state index in [0.717, 1.165) is 18.4 Å². The van der Waals surface area contributed by atoms with Crippen LogP contribution in [0, 0.1) is 0 Å². The van der Waals surface area contributed by atoms with Crippen LogP contribution in [-0.4, -0.2) is 12.6 Å². The van der Waals surface area contributed by atoms with Crippen molar-refractivity contribution in [1.82, 2.24) is 0 Å². The minimum atomic E-state index is -0.144. The lowest BCUT2D eigenvalue weighted by atomic mass is 10.2. The number of rotatable bonds is 8. The second-order valence-electron chi connectivity index (χ2n) is 4.95. The smallest absolute Gasteiger partial charge is 0.372 e. The first-order valence-electron chi connectivity index (χ1n) is 7.32. The average Bonchev–Trinajstić information content (AvgIpc) is 2.86. The van der Waals surface area contributed by atoms with Gasteiger partial charge < -0.3 is 4.74 Å². The molecule has 3 nitrogen and oxygen atoms in total. The van der Waals surface area contributed by atoms with E-state index in [4.69, 9.17) is 4.74 Å². The molecule has 0 N–H and O–H groups in total. The zero-order valence-corrected chi connectivity index (χ0v) is 14.9. The highest BCUT2D eigenvalue weighted by Crippen LogP contribution is 2.14. The van der Waals surface area contributed by atoms with Crippen molar-refractivity contribution in [3.63, 3.8) is 0 Å². The first kappa shape index (κ1) is 18.1. The first-order valence-corrected chi connectivity index (χ1v) is 8.20. The molecule has 2 rings (SSSR count). The van der Waals surface area contributed by atoms with Crippen LogP contribution < -0.4 is 4.57 Å². The molecule has 0 aliphatic rings. The molecule has 0 radical (unpaired) electrons. The molecule has 21 heavy (non-hydrogen) atoms. The van der Waals surface area contributed by atoms with Gasteiger partial charge in [0.1, 0.15) is 4.70 Å². The zero-order valence-electron chi connectivity index (χ0n) is 12.4. The number of hydrogen-bond acceptors (Lipinski definition) is 3. The molecule has 0 bridgehead atoms. The number of carbonyl (C=O) groups is 1. The Kier molecular flexibility index (Phi) is 8.54. The molecule has 1 heterocycles. The fraction of sp³-hybridized carbons (Fsp3) is 0.500. The Morgan fingerprint density at radius 3 is 2.76 bits per heavy atom. The maximum Gasteiger partial charge on any atom is 0.372 e. The number of fused-ring (bicyclic) bond motifs is 1. The van der Waals surface area contributed by atoms with Crippen molar-refractivity contribution in [1.29, 1.82) is 0 Å². The Morgan fingerprint density at radius 1 is 1.19 bits per heavy atom. The standard InChI is InChI=1S/C16H22NO2S.BrH/c1-2-3-4-5-8-11-19-16(18)12-17-13-20-15-10-7-6-9-14(15)17;/h6-7,9-10,13H,2-5,8,11-12H2,1H3;1H/q+1;. The van der Waals surface area contributed by atoms with Crippen molar-refractivity contribution in [3.8, 4) is 0 Å². The van der Waals surface area contributed by atoms with E-state index in [9.17, 15) is 4.79 Å². The number of unbranched alkanes of at least 4 members (excludes halogenated alkanes) is 4. The molecule has 0 aliphatic heterocycles. The number of esters is 1. The van der Waals surface area contributed by atoms with Crippen LogP contribution in [0.2, 0.25) is 0 Å². The fourth-order valence-electron chi connectivity index (χ4n) is 2.17. The predicted molar refractivity (Wildman–Crippen MR) is 92.1 cm³/mol. The molecule has 0 spiro atoms. The Morgan fingerprint density at radius 2 is 1.95 bits per heavy atom. The summed E-state index contributed by atoms with van der Waals surface area (Å²) >= 11 is 1.65. The van der Waals surface area contributed by atoms with Gasteiger partial charge in [-0.15, -0.1) is 17.0 Å². The lowest BCUT2D eigenvalue weighted by Gasteiger charge is -2.02. The van der Waals surface area contributed by atoms with Crippen LogP contribution in [0.4, 0.5) is 0 Å². The highest BCUT2D eigenvalue weighted by atomic mass is 79.9. The van der Waals surface area contributed by atoms with Crippen LogP contribution in [-0.2, 0) is 16.1 Å². The van der Waals surface area contributed by atoms with Crippen molar-refractivity contribution >= 4 is 44.5 Å². The molecule has 0 saturated heterocycles. The summed E-state index contributed by atoms with van der Waals surface area (Å²) in [5.41, 5.74) is 3.07. The van der Waals surface area contributed by atoms with Crippen molar-refractivity contribution < 1.29 is 14.1 Å². The molecular formula is C16H23BrNO2S+. The van der Waals surface area contributed by atoms with Gasteiger partial charge in [-0.05, 0) is 12.5 Å². The van der Waals surface area contributed by atoms with Gasteiger partial charge in [-0.25, -0.2) is 4.79 Å². The summed E-state index contributed by atoms with van der Waals surface area (Å²) in [6, 6.07) is 8.10. The van der Waals surface area contributed by atoms with Crippen molar-refractivity contribution in [2.75, 3.05) is 6.61 Å². The largest absolute Gasteiger partial charge is 0.461 e. The van der Waals surface area contributed by atoms with Crippen LogP contribution >= 0.6 is 28.3 Å². The normalized spacial score (nSPS) is 10.3. The highest BCUT2D eigenvalue weighted by molar-refractivity contribution is 8.93. The maximum atomic E-state index is 11.8. The third-order valence-corrected chi connectivity index (χ3v) is 4.25. The quantitative estimate of drug-likeness (QED) is 0.393. The summed E-state index contributed by atoms with van der Waals surface area (Å²) in [4.78, 5) is 11.8. The van der Waals surface area contributed by atoms with Crippen LogP contribution in [0.15, 0.2) is 29.8 Å². The lowest BCUT2D eigenvalue weighted by molar-refractivity contribution is -0.655. The molecule has 116 valence electrons. The van der Waals surface area contributed by atoms with Crippen LogP contribution in [0.25, 0.3) is 10.2 Å². The zero-order chi connectivity index (χ0) is 14.2. The van der Waals surface area contributed by atoms with Gasteiger partial charge >= 0.3 is 5.97 Å². The number of benzene rings is 1. The molecule has 0 atom stereocenters. The van der Waals surface area contributed by atoms with Gasteiger partial charge in [0.05, 0.1) is 6.61 Å². The van der Waals surface area contributed by atoms with E-state index in [1.807, 2.05) is 28.3 Å². The van der Waals surface area contributed by atoms with E-state index in [1.165, 1.54) is 24.0 Å². The molecule has 2 aromatic rings. The Bertz CT molecular complexity index is 556. The molecule has 0 unspecified atom stereocenters. The summed E-state index contributed by atoms with van der Waals surface area (Å²) in [6.45, 7) is 3.05. The van der Waals surface area contributed by atoms with E-state index < -0.39 is 0 Å². The molecule has 0 fully saturated rings. The van der Waals surface area contributed by atoms with E-state index in [-0.39, 0.29) is 23.0 Å². The SMILES string of the molecule is Br.CCCCCCCOC(=O)C[n+]1csc2ccccc21. The first-order chi connectivity index (χ1) is 9.81. The van der Waals surface area contributed by atoms with Gasteiger partial charge in [-0.1, -0.05) is 56.1 Å². The summed E-state index contributed by atoms with van der Waals surface area (Å²) < 4.78 is 8.44. The Hall–Kier alpha value is -0.940. The minimum Gasteiger partial charge on any atom is -0.461 e. The van der Waals surface area contributed by atoms with Gasteiger partial charge in [0.2, 0.25) is 17.6 Å². The third-order valence-electron chi connectivity index (χ3n) is 3.29. The van der Waals surface area contributed by atoms with Crippen LogP contribution in [0.3, 0.4) is 0 Å². The summed E-state index contributed by atoms with van der Waals surface area (Å²) in [7, 11) is 0. The minimum absolute atomic E-state index is 0. The Balaban J connectivity index is 0.00000220. The number of para-hydroxylation sites is 1. The number of ether oxygens (including phenoxy) is 1. The fourth-order valence-corrected chi connectivity index (χ4v) is 3.06. The Labute approximate surface area is 140 Å². The van der Waals surface area contributed by atoms with E-state index >= 15 is 0 Å². The van der Waals surface area contributed by atoms with Gasteiger partial charge in [-0.2, -0.15) is 4.57 Å². The number of carbonyl (C=O) groups excluding carboxylic acids is 1. The van der Waals surface area contributed by atoms with E-state index in [1.54, 1.807) is 11.3 Å². The monoisotopic (exact) mass is 372 g/mol. The molecule has 0 amide bonds. The summed E-state index contributed by atoms with van der Waals surface area (Å²) in [5, 5.41) is 0. The molecule has 0 aliphatic carbocycles. The topological polar surface area (TPSA) is 30.2 Å². The number of hydrogen-bond donors (Lipinski definition) is 0. The number of thiazole rings is 1. The third kappa shape index (κ3) is 5.75. The number of halogens is 1. The second-order valence-corrected chi connectivity index (χ2v) is 5.84. The van der Waals surface area contributed by atoms with Crippen LogP contribution in [0.1, 0.15) is 39.0 Å². The van der Waals surface area contributed by atoms with Gasteiger partial charge in [0, 0.05) is 6.07 Å². The molecule has 1 aromatic heterocycles. The molecule has 0 saturated carbocycles. The van der Waals surface area contributed by atoms with E-state index in [0.29, 0.717) is 13.2 Å². The maximum absolute atomic E-state index is 11.8.